The molecule has 2 unspecified atom stereocenters. The smallest absolute Gasteiger partial charge is 0.372 e. The van der Waals surface area contributed by atoms with Crippen molar-refractivity contribution in [3.05, 3.63) is 0 Å². The zero-order chi connectivity index (χ0) is 14.4. The molecule has 1 aliphatic heterocycles. The number of rotatable bonds is 8. The second-order valence-corrected chi connectivity index (χ2v) is 8.86. The minimum atomic E-state index is -2.37. The van der Waals surface area contributed by atoms with Gasteiger partial charge in [0.05, 0.1) is 0 Å². The van der Waals surface area contributed by atoms with Crippen LogP contribution in [-0.2, 0) is 13.6 Å². The molecule has 3 N–H and O–H groups in total. The second-order valence-electron chi connectivity index (χ2n) is 5.19. The molecular weight excluding hydrogens is 288 g/mol. The third-order valence-corrected chi connectivity index (χ3v) is 8.81. The van der Waals surface area contributed by atoms with Gasteiger partial charge in [0.15, 0.2) is 0 Å². The Morgan fingerprint density at radius 3 is 2.40 bits per heavy atom. The van der Waals surface area contributed by atoms with Gasteiger partial charge < -0.3 is 24.6 Å². The van der Waals surface area contributed by atoms with Crippen molar-refractivity contribution in [1.29, 1.82) is 0 Å². The molecule has 122 valence electrons. The Morgan fingerprint density at radius 1 is 1.30 bits per heavy atom. The van der Waals surface area contributed by atoms with Crippen LogP contribution in [0.15, 0.2) is 0 Å². The van der Waals surface area contributed by atoms with Gasteiger partial charge >= 0.3 is 8.56 Å². The van der Waals surface area contributed by atoms with Gasteiger partial charge in [-0.05, 0) is 36.3 Å². The first-order chi connectivity index (χ1) is 9.16. The molecule has 1 fully saturated rings. The maximum Gasteiger partial charge on any atom is 0.372 e. The van der Waals surface area contributed by atoms with E-state index in [2.05, 4.69) is 12.2 Å². The first kappa shape index (κ1) is 20.2. The standard InChI is InChI=1S/C13H30N2O3Si.H4Si/c1-5-8-13(16-2)12(15-10-9-14)7-6-11-19(13,17-3)18-4;/h12,15H,5-11,14H2,1-4H3;1H4. The Balaban J connectivity index is 0.00000361. The molecule has 5 nitrogen and oxygen atoms in total. The molecule has 0 aromatic heterocycles. The Morgan fingerprint density at radius 2 is 1.95 bits per heavy atom. The summed E-state index contributed by atoms with van der Waals surface area (Å²) in [6.07, 6.45) is 4.22. The van der Waals surface area contributed by atoms with Crippen molar-refractivity contribution in [1.82, 2.24) is 5.32 Å². The lowest BCUT2D eigenvalue weighted by Crippen LogP contribution is -2.73. The van der Waals surface area contributed by atoms with Gasteiger partial charge in [-0.3, -0.25) is 0 Å². The van der Waals surface area contributed by atoms with Crippen LogP contribution in [0, 0.1) is 0 Å². The van der Waals surface area contributed by atoms with Crippen molar-refractivity contribution in [2.24, 2.45) is 5.73 Å². The van der Waals surface area contributed by atoms with Crippen LogP contribution in [-0.4, -0.2) is 65.2 Å². The summed E-state index contributed by atoms with van der Waals surface area (Å²) < 4.78 is 17.9. The Labute approximate surface area is 129 Å². The van der Waals surface area contributed by atoms with E-state index >= 15 is 0 Å². The van der Waals surface area contributed by atoms with Crippen LogP contribution in [0.1, 0.15) is 32.6 Å². The van der Waals surface area contributed by atoms with Crippen molar-refractivity contribution >= 4 is 19.5 Å². The highest BCUT2D eigenvalue weighted by atomic mass is 28.4. The van der Waals surface area contributed by atoms with Crippen molar-refractivity contribution in [3.63, 3.8) is 0 Å². The lowest BCUT2D eigenvalue weighted by atomic mass is 9.99. The quantitative estimate of drug-likeness (QED) is 0.601. The van der Waals surface area contributed by atoms with Crippen LogP contribution < -0.4 is 11.1 Å². The second kappa shape index (κ2) is 9.29. The number of hydrogen-bond donors (Lipinski definition) is 2. The number of nitrogens with one attached hydrogen (secondary N) is 1. The van der Waals surface area contributed by atoms with Crippen LogP contribution in [0.25, 0.3) is 0 Å². The van der Waals surface area contributed by atoms with E-state index in [0.717, 1.165) is 38.3 Å². The molecule has 7 heteroatoms. The highest BCUT2D eigenvalue weighted by Crippen LogP contribution is 2.42. The van der Waals surface area contributed by atoms with E-state index in [4.69, 9.17) is 19.3 Å². The van der Waals surface area contributed by atoms with E-state index in [-0.39, 0.29) is 22.2 Å². The van der Waals surface area contributed by atoms with E-state index in [1.807, 2.05) is 0 Å². The molecule has 2 atom stereocenters. The summed E-state index contributed by atoms with van der Waals surface area (Å²) in [5.74, 6) is 0. The molecule has 0 aromatic rings. The molecule has 1 heterocycles. The Hall–Kier alpha value is 0.234. The fraction of sp³-hybridized carbons (Fsp3) is 1.00. The number of methoxy groups -OCH3 is 1. The highest BCUT2D eigenvalue weighted by Gasteiger charge is 2.62. The summed E-state index contributed by atoms with van der Waals surface area (Å²) in [4.78, 5) is 0. The van der Waals surface area contributed by atoms with Gasteiger partial charge in [0, 0.05) is 40.5 Å². The summed E-state index contributed by atoms with van der Waals surface area (Å²) in [6.45, 7) is 3.62. The Bertz CT molecular complexity index is 268. The van der Waals surface area contributed by atoms with Crippen LogP contribution >= 0.6 is 0 Å². The van der Waals surface area contributed by atoms with Crippen molar-refractivity contribution in [2.75, 3.05) is 34.4 Å². The van der Waals surface area contributed by atoms with Gasteiger partial charge in [-0.25, -0.2) is 0 Å². The SMILES string of the molecule is CCCC1(OC)C(NCCN)CCC[Si]1(OC)OC.[SiH4]. The molecule has 0 radical (unpaired) electrons. The third-order valence-electron chi connectivity index (χ3n) is 4.39. The molecule has 1 aliphatic rings. The predicted molar refractivity (Wildman–Crippen MR) is 90.6 cm³/mol. The fourth-order valence-electron chi connectivity index (χ4n) is 3.54. The van der Waals surface area contributed by atoms with E-state index < -0.39 is 8.56 Å². The first-order valence-electron chi connectivity index (χ1n) is 7.25. The Kier molecular flexibility index (Phi) is 9.40. The van der Waals surface area contributed by atoms with Crippen LogP contribution in [0.5, 0.6) is 0 Å². The number of ether oxygens (including phenoxy) is 1. The summed E-state index contributed by atoms with van der Waals surface area (Å²) >= 11 is 0. The third kappa shape index (κ3) is 3.52. The normalized spacial score (nSPS) is 28.9. The molecule has 0 amide bonds. The molecule has 20 heavy (non-hydrogen) atoms. The number of nitrogens with two attached hydrogens (primary N) is 1. The molecule has 0 spiro atoms. The maximum atomic E-state index is 6.04. The van der Waals surface area contributed by atoms with Crippen LogP contribution in [0.3, 0.4) is 0 Å². The average molecular weight is 323 g/mol. The van der Waals surface area contributed by atoms with Crippen molar-refractivity contribution < 1.29 is 13.6 Å². The van der Waals surface area contributed by atoms with Crippen molar-refractivity contribution in [2.45, 2.75) is 49.9 Å². The zero-order valence-corrected chi connectivity index (χ0v) is 13.8. The molecule has 0 bridgehead atoms. The minimum Gasteiger partial charge on any atom is -0.396 e. The van der Waals surface area contributed by atoms with Crippen LogP contribution in [0.4, 0.5) is 0 Å². The van der Waals surface area contributed by atoms with E-state index in [9.17, 15) is 0 Å². The topological polar surface area (TPSA) is 65.7 Å². The average Bonchev–Trinajstić information content (AvgIpc) is 2.46. The van der Waals surface area contributed by atoms with E-state index in [1.54, 1.807) is 21.3 Å². The molecule has 0 aliphatic carbocycles. The molecule has 0 aromatic carbocycles. The minimum absolute atomic E-state index is 0. The number of hydrogen-bond acceptors (Lipinski definition) is 5. The van der Waals surface area contributed by atoms with Gasteiger partial charge in [-0.15, -0.1) is 0 Å². The van der Waals surface area contributed by atoms with E-state index in [1.165, 1.54) is 0 Å². The van der Waals surface area contributed by atoms with Gasteiger partial charge in [0.1, 0.15) is 5.22 Å². The molecular formula is C13H34N2O3Si2. The summed E-state index contributed by atoms with van der Waals surface area (Å²) in [7, 11) is 2.96. The lowest BCUT2D eigenvalue weighted by Gasteiger charge is -2.52. The molecule has 0 saturated carbocycles. The highest BCUT2D eigenvalue weighted by molar-refractivity contribution is 6.71. The largest absolute Gasteiger partial charge is 0.396 e. The lowest BCUT2D eigenvalue weighted by molar-refractivity contribution is -0.0369. The summed E-state index contributed by atoms with van der Waals surface area (Å²) in [5.41, 5.74) is 5.63. The zero-order valence-electron chi connectivity index (χ0n) is 12.8. The van der Waals surface area contributed by atoms with Gasteiger partial charge in [-0.1, -0.05) is 13.3 Å². The van der Waals surface area contributed by atoms with Gasteiger partial charge in [0.2, 0.25) is 0 Å². The molecule has 1 saturated heterocycles. The van der Waals surface area contributed by atoms with Gasteiger partial charge in [-0.2, -0.15) is 0 Å². The fourth-order valence-corrected chi connectivity index (χ4v) is 7.62. The molecule has 1 rings (SSSR count). The summed E-state index contributed by atoms with van der Waals surface area (Å²) in [5, 5.41) is 3.23. The maximum absolute atomic E-state index is 6.04. The monoisotopic (exact) mass is 322 g/mol. The first-order valence-corrected chi connectivity index (χ1v) is 9.27. The van der Waals surface area contributed by atoms with Crippen LogP contribution in [0.2, 0.25) is 6.04 Å². The van der Waals surface area contributed by atoms with E-state index in [0.29, 0.717) is 6.54 Å². The van der Waals surface area contributed by atoms with Gasteiger partial charge in [0.25, 0.3) is 0 Å². The predicted octanol–water partition coefficient (Wildman–Crippen LogP) is -0.295. The summed E-state index contributed by atoms with van der Waals surface area (Å²) in [6, 6.07) is 1.26. The van der Waals surface area contributed by atoms with Crippen molar-refractivity contribution in [3.8, 4) is 0 Å².